The van der Waals surface area contributed by atoms with Crippen LogP contribution in [0, 0.1) is 0 Å². The Morgan fingerprint density at radius 2 is 2.05 bits per heavy atom. The zero-order valence-corrected chi connectivity index (χ0v) is 11.2. The molecule has 1 N–H and O–H groups in total. The van der Waals surface area contributed by atoms with Gasteiger partial charge in [-0.2, -0.15) is 0 Å². The van der Waals surface area contributed by atoms with Gasteiger partial charge in [0.2, 0.25) is 0 Å². The van der Waals surface area contributed by atoms with Gasteiger partial charge in [-0.05, 0) is 38.1 Å². The maximum absolute atomic E-state index is 5.45. The van der Waals surface area contributed by atoms with E-state index < -0.39 is 0 Å². The van der Waals surface area contributed by atoms with Crippen LogP contribution in [0.15, 0.2) is 36.7 Å². The highest BCUT2D eigenvalue weighted by Gasteiger charge is 2.19. The van der Waals surface area contributed by atoms with E-state index in [0.717, 1.165) is 43.1 Å². The van der Waals surface area contributed by atoms with Crippen LogP contribution in [-0.4, -0.2) is 29.8 Å². The summed E-state index contributed by atoms with van der Waals surface area (Å²) in [4.78, 5) is 4.53. The normalized spacial score (nSPS) is 16.5. The zero-order valence-electron chi connectivity index (χ0n) is 11.2. The largest absolute Gasteiger partial charge is 0.496 e. The first-order chi connectivity index (χ1) is 9.40. The number of hydrogen-bond donors (Lipinski definition) is 1. The molecule has 2 heterocycles. The van der Waals surface area contributed by atoms with E-state index in [2.05, 4.69) is 27.1 Å². The molecule has 0 aliphatic carbocycles. The summed E-state index contributed by atoms with van der Waals surface area (Å²) in [5, 5.41) is 3.40. The number of nitrogens with one attached hydrogen (secondary N) is 1. The molecule has 0 atom stereocenters. The Balaban J connectivity index is 1.99. The molecule has 1 aromatic heterocycles. The Labute approximate surface area is 113 Å². The van der Waals surface area contributed by atoms with Crippen molar-refractivity contribution >= 4 is 0 Å². The van der Waals surface area contributed by atoms with Crippen LogP contribution in [0.3, 0.4) is 0 Å². The van der Waals surface area contributed by atoms with Gasteiger partial charge in [-0.25, -0.2) is 4.98 Å². The average Bonchev–Trinajstić information content (AvgIpc) is 2.97. The molecule has 0 amide bonds. The molecule has 1 saturated heterocycles. The molecule has 2 aromatic rings. The SMILES string of the molecule is COc1ccccc1-c1nccn1C1CCNCC1. The molecule has 0 spiro atoms. The Morgan fingerprint density at radius 3 is 2.84 bits per heavy atom. The van der Waals surface area contributed by atoms with Crippen LogP contribution in [-0.2, 0) is 0 Å². The van der Waals surface area contributed by atoms with Crippen molar-refractivity contribution in [1.82, 2.24) is 14.9 Å². The maximum atomic E-state index is 5.45. The fourth-order valence-electron chi connectivity index (χ4n) is 2.73. The molecule has 1 aliphatic rings. The fourth-order valence-corrected chi connectivity index (χ4v) is 2.73. The summed E-state index contributed by atoms with van der Waals surface area (Å²) in [6.07, 6.45) is 6.26. The molecular weight excluding hydrogens is 238 g/mol. The smallest absolute Gasteiger partial charge is 0.143 e. The monoisotopic (exact) mass is 257 g/mol. The predicted octanol–water partition coefficient (Wildman–Crippen LogP) is 2.48. The van der Waals surface area contributed by atoms with E-state index in [-0.39, 0.29) is 0 Å². The Morgan fingerprint density at radius 1 is 1.26 bits per heavy atom. The molecule has 3 rings (SSSR count). The van der Waals surface area contributed by atoms with Crippen molar-refractivity contribution in [2.75, 3.05) is 20.2 Å². The number of benzene rings is 1. The van der Waals surface area contributed by atoms with Crippen LogP contribution in [0.25, 0.3) is 11.4 Å². The third-order valence-corrected chi connectivity index (χ3v) is 3.72. The van der Waals surface area contributed by atoms with Gasteiger partial charge >= 0.3 is 0 Å². The number of hydrogen-bond acceptors (Lipinski definition) is 3. The van der Waals surface area contributed by atoms with E-state index in [1.807, 2.05) is 24.4 Å². The topological polar surface area (TPSA) is 39.1 Å². The highest BCUT2D eigenvalue weighted by molar-refractivity contribution is 5.64. The molecule has 19 heavy (non-hydrogen) atoms. The number of aromatic nitrogens is 2. The average molecular weight is 257 g/mol. The summed E-state index contributed by atoms with van der Waals surface area (Å²) in [5.74, 6) is 1.88. The van der Waals surface area contributed by atoms with Crippen LogP contribution in [0.5, 0.6) is 5.75 Å². The molecule has 1 aromatic carbocycles. The van der Waals surface area contributed by atoms with E-state index in [9.17, 15) is 0 Å². The number of nitrogens with zero attached hydrogens (tertiary/aromatic N) is 2. The second kappa shape index (κ2) is 5.45. The van der Waals surface area contributed by atoms with Crippen molar-refractivity contribution in [2.24, 2.45) is 0 Å². The summed E-state index contributed by atoms with van der Waals surface area (Å²) >= 11 is 0. The van der Waals surface area contributed by atoms with Gasteiger partial charge in [-0.15, -0.1) is 0 Å². The maximum Gasteiger partial charge on any atom is 0.143 e. The molecule has 4 nitrogen and oxygen atoms in total. The number of imidazole rings is 1. The molecule has 0 saturated carbocycles. The van der Waals surface area contributed by atoms with E-state index >= 15 is 0 Å². The summed E-state index contributed by atoms with van der Waals surface area (Å²) in [6.45, 7) is 2.16. The van der Waals surface area contributed by atoms with Crippen LogP contribution < -0.4 is 10.1 Å². The molecule has 0 radical (unpaired) electrons. The first-order valence-corrected chi connectivity index (χ1v) is 6.77. The lowest BCUT2D eigenvalue weighted by Gasteiger charge is -2.25. The van der Waals surface area contributed by atoms with E-state index in [4.69, 9.17) is 4.74 Å². The number of piperidine rings is 1. The Kier molecular flexibility index (Phi) is 3.51. The highest BCUT2D eigenvalue weighted by Crippen LogP contribution is 2.31. The third-order valence-electron chi connectivity index (χ3n) is 3.72. The van der Waals surface area contributed by atoms with Crippen molar-refractivity contribution in [3.63, 3.8) is 0 Å². The minimum Gasteiger partial charge on any atom is -0.496 e. The van der Waals surface area contributed by atoms with Gasteiger partial charge in [0, 0.05) is 18.4 Å². The van der Waals surface area contributed by atoms with E-state index in [1.54, 1.807) is 7.11 Å². The molecule has 100 valence electrons. The molecule has 0 unspecified atom stereocenters. The second-order valence-corrected chi connectivity index (χ2v) is 4.84. The van der Waals surface area contributed by atoms with Gasteiger partial charge in [0.15, 0.2) is 0 Å². The molecule has 0 bridgehead atoms. The number of methoxy groups -OCH3 is 1. The number of ether oxygens (including phenoxy) is 1. The lowest BCUT2D eigenvalue weighted by atomic mass is 10.1. The van der Waals surface area contributed by atoms with Crippen LogP contribution in [0.1, 0.15) is 18.9 Å². The van der Waals surface area contributed by atoms with Crippen molar-refractivity contribution in [3.8, 4) is 17.1 Å². The van der Waals surface area contributed by atoms with Gasteiger partial charge in [-0.1, -0.05) is 12.1 Å². The van der Waals surface area contributed by atoms with E-state index in [1.165, 1.54) is 0 Å². The fraction of sp³-hybridized carbons (Fsp3) is 0.400. The lowest BCUT2D eigenvalue weighted by Crippen LogP contribution is -2.29. The highest BCUT2D eigenvalue weighted by atomic mass is 16.5. The first-order valence-electron chi connectivity index (χ1n) is 6.77. The number of rotatable bonds is 3. The quantitative estimate of drug-likeness (QED) is 0.918. The molecule has 4 heteroatoms. The van der Waals surface area contributed by atoms with E-state index in [0.29, 0.717) is 6.04 Å². The minimum absolute atomic E-state index is 0.531. The summed E-state index contributed by atoms with van der Waals surface area (Å²) < 4.78 is 7.74. The van der Waals surface area contributed by atoms with Gasteiger partial charge in [0.25, 0.3) is 0 Å². The molecule has 1 aliphatic heterocycles. The zero-order chi connectivity index (χ0) is 13.1. The summed E-state index contributed by atoms with van der Waals surface area (Å²) in [7, 11) is 1.71. The minimum atomic E-state index is 0.531. The lowest BCUT2D eigenvalue weighted by molar-refractivity contribution is 0.369. The van der Waals surface area contributed by atoms with Crippen LogP contribution >= 0.6 is 0 Å². The van der Waals surface area contributed by atoms with Gasteiger partial charge in [0.05, 0.1) is 12.7 Å². The Bertz CT molecular complexity index is 544. The predicted molar refractivity (Wildman–Crippen MR) is 75.4 cm³/mol. The van der Waals surface area contributed by atoms with Gasteiger partial charge in [0.1, 0.15) is 11.6 Å². The van der Waals surface area contributed by atoms with Crippen molar-refractivity contribution in [3.05, 3.63) is 36.7 Å². The van der Waals surface area contributed by atoms with Gasteiger partial charge in [-0.3, -0.25) is 0 Å². The van der Waals surface area contributed by atoms with Crippen molar-refractivity contribution in [2.45, 2.75) is 18.9 Å². The van der Waals surface area contributed by atoms with Crippen molar-refractivity contribution < 1.29 is 4.74 Å². The van der Waals surface area contributed by atoms with Gasteiger partial charge < -0.3 is 14.6 Å². The van der Waals surface area contributed by atoms with Crippen molar-refractivity contribution in [1.29, 1.82) is 0 Å². The molecule has 1 fully saturated rings. The number of para-hydroxylation sites is 1. The third kappa shape index (κ3) is 2.36. The summed E-state index contributed by atoms with van der Waals surface area (Å²) in [5.41, 5.74) is 1.06. The molecular formula is C15H19N3O. The van der Waals surface area contributed by atoms with Crippen LogP contribution in [0.4, 0.5) is 0 Å². The van der Waals surface area contributed by atoms with Crippen LogP contribution in [0.2, 0.25) is 0 Å². The summed E-state index contributed by atoms with van der Waals surface area (Å²) in [6, 6.07) is 8.60. The standard InChI is InChI=1S/C15H19N3O/c1-19-14-5-3-2-4-13(14)15-17-10-11-18(15)12-6-8-16-9-7-12/h2-5,10-12,16H,6-9H2,1H3. The second-order valence-electron chi connectivity index (χ2n) is 4.84. The first kappa shape index (κ1) is 12.2. The Hall–Kier alpha value is -1.81.